The van der Waals surface area contributed by atoms with E-state index in [0.29, 0.717) is 11.1 Å². The zero-order chi connectivity index (χ0) is 21.1. The molecule has 0 aliphatic rings. The molecule has 9 nitrogen and oxygen atoms in total. The van der Waals surface area contributed by atoms with Gasteiger partial charge < -0.3 is 20.3 Å². The number of anilines is 1. The molecule has 0 fully saturated rings. The van der Waals surface area contributed by atoms with E-state index in [9.17, 15) is 24.8 Å². The molecule has 0 aliphatic carbocycles. The molecule has 3 aromatic rings. The van der Waals surface area contributed by atoms with E-state index in [2.05, 4.69) is 10.6 Å². The van der Waals surface area contributed by atoms with Gasteiger partial charge in [-0.05, 0) is 47.7 Å². The molecule has 0 spiro atoms. The standard InChI is InChI=1S/C20H20N4O5/c1-12-3-5-15(17(9-12)24(28)29)22-20(27)19(26)21-11-18(25)14-4-6-16-13(10-14)7-8-23(16)2/h3-10,18,25H,11H2,1-2H3,(H,21,26)(H,22,27). The van der Waals surface area contributed by atoms with Gasteiger partial charge >= 0.3 is 11.8 Å². The number of carbonyl (C=O) groups is 2. The number of hydrogen-bond acceptors (Lipinski definition) is 5. The van der Waals surface area contributed by atoms with Gasteiger partial charge in [-0.15, -0.1) is 0 Å². The second-order valence-electron chi connectivity index (χ2n) is 6.70. The molecule has 29 heavy (non-hydrogen) atoms. The zero-order valence-electron chi connectivity index (χ0n) is 15.9. The maximum Gasteiger partial charge on any atom is 0.313 e. The van der Waals surface area contributed by atoms with Gasteiger partial charge in [0, 0.05) is 31.4 Å². The van der Waals surface area contributed by atoms with Crippen molar-refractivity contribution in [3.63, 3.8) is 0 Å². The fourth-order valence-corrected chi connectivity index (χ4v) is 2.97. The molecule has 1 heterocycles. The molecule has 1 aromatic heterocycles. The SMILES string of the molecule is Cc1ccc(NC(=O)C(=O)NCC(O)c2ccc3c(ccn3C)c2)c([N+](=O)[O-])c1. The minimum Gasteiger partial charge on any atom is -0.387 e. The summed E-state index contributed by atoms with van der Waals surface area (Å²) in [6.07, 6.45) is 0.891. The van der Waals surface area contributed by atoms with Crippen molar-refractivity contribution >= 4 is 34.1 Å². The van der Waals surface area contributed by atoms with Crippen molar-refractivity contribution in [3.05, 3.63) is 69.9 Å². The van der Waals surface area contributed by atoms with Gasteiger partial charge in [-0.2, -0.15) is 0 Å². The smallest absolute Gasteiger partial charge is 0.313 e. The predicted molar refractivity (Wildman–Crippen MR) is 107 cm³/mol. The molecule has 9 heteroatoms. The average molecular weight is 396 g/mol. The summed E-state index contributed by atoms with van der Waals surface area (Å²) in [5.74, 6) is -2.05. The Morgan fingerprint density at radius 1 is 1.17 bits per heavy atom. The number of hydrogen-bond donors (Lipinski definition) is 3. The van der Waals surface area contributed by atoms with E-state index in [0.717, 1.165) is 10.9 Å². The zero-order valence-corrected chi connectivity index (χ0v) is 15.9. The fourth-order valence-electron chi connectivity index (χ4n) is 2.97. The van der Waals surface area contributed by atoms with Gasteiger partial charge in [-0.3, -0.25) is 19.7 Å². The van der Waals surface area contributed by atoms with Gasteiger partial charge in [0.2, 0.25) is 0 Å². The Bertz CT molecular complexity index is 1110. The highest BCUT2D eigenvalue weighted by molar-refractivity contribution is 6.39. The van der Waals surface area contributed by atoms with Gasteiger partial charge in [0.25, 0.3) is 5.69 Å². The number of nitrogens with one attached hydrogen (secondary N) is 2. The Labute approximate surface area is 166 Å². The summed E-state index contributed by atoms with van der Waals surface area (Å²) in [5, 5.41) is 26.9. The largest absolute Gasteiger partial charge is 0.387 e. The van der Waals surface area contributed by atoms with Crippen molar-refractivity contribution in [1.82, 2.24) is 9.88 Å². The Morgan fingerprint density at radius 3 is 2.66 bits per heavy atom. The quantitative estimate of drug-likeness (QED) is 0.346. The van der Waals surface area contributed by atoms with Gasteiger partial charge in [0.15, 0.2) is 0 Å². The van der Waals surface area contributed by atoms with E-state index in [4.69, 9.17) is 0 Å². The van der Waals surface area contributed by atoms with Gasteiger partial charge in [-0.25, -0.2) is 0 Å². The third-order valence-electron chi connectivity index (χ3n) is 4.55. The van der Waals surface area contributed by atoms with Crippen molar-refractivity contribution < 1.29 is 19.6 Å². The van der Waals surface area contributed by atoms with Crippen LogP contribution in [0.2, 0.25) is 0 Å². The number of aryl methyl sites for hydroxylation is 2. The molecule has 0 saturated heterocycles. The number of aromatic nitrogens is 1. The lowest BCUT2D eigenvalue weighted by Gasteiger charge is -2.13. The fraction of sp³-hybridized carbons (Fsp3) is 0.200. The van der Waals surface area contributed by atoms with Crippen LogP contribution >= 0.6 is 0 Å². The number of nitro groups is 1. The first kappa shape index (κ1) is 20.0. The van der Waals surface area contributed by atoms with Crippen LogP contribution in [-0.2, 0) is 16.6 Å². The molecule has 150 valence electrons. The molecule has 0 bridgehead atoms. The summed E-state index contributed by atoms with van der Waals surface area (Å²) >= 11 is 0. The first-order chi connectivity index (χ1) is 13.8. The van der Waals surface area contributed by atoms with Crippen LogP contribution in [0.25, 0.3) is 10.9 Å². The average Bonchev–Trinajstić information content (AvgIpc) is 3.07. The lowest BCUT2D eigenvalue weighted by Crippen LogP contribution is -2.37. The summed E-state index contributed by atoms with van der Waals surface area (Å²) in [6, 6.07) is 11.6. The number of carbonyl (C=O) groups excluding carboxylic acids is 2. The molecule has 0 aliphatic heterocycles. The lowest BCUT2D eigenvalue weighted by atomic mass is 10.1. The Kier molecular flexibility index (Phi) is 5.60. The first-order valence-electron chi connectivity index (χ1n) is 8.83. The molecule has 1 unspecified atom stereocenters. The Morgan fingerprint density at radius 2 is 1.93 bits per heavy atom. The minimum atomic E-state index is -1.05. The predicted octanol–water partition coefficient (Wildman–Crippen LogP) is 2.18. The van der Waals surface area contributed by atoms with Crippen LogP contribution in [0.1, 0.15) is 17.2 Å². The van der Waals surface area contributed by atoms with Gasteiger partial charge in [0.1, 0.15) is 5.69 Å². The molecule has 0 saturated carbocycles. The maximum absolute atomic E-state index is 12.1. The summed E-state index contributed by atoms with van der Waals surface area (Å²) in [6.45, 7) is 1.50. The summed E-state index contributed by atoms with van der Waals surface area (Å²) in [5.41, 5.74) is 1.87. The van der Waals surface area contributed by atoms with E-state index in [1.54, 1.807) is 19.1 Å². The van der Waals surface area contributed by atoms with Crippen LogP contribution in [0.4, 0.5) is 11.4 Å². The van der Waals surface area contributed by atoms with Crippen LogP contribution < -0.4 is 10.6 Å². The monoisotopic (exact) mass is 396 g/mol. The number of aliphatic hydroxyl groups is 1. The van der Waals surface area contributed by atoms with E-state index >= 15 is 0 Å². The van der Waals surface area contributed by atoms with Crippen molar-refractivity contribution in [2.75, 3.05) is 11.9 Å². The Balaban J connectivity index is 1.62. The van der Waals surface area contributed by atoms with Crippen molar-refractivity contribution in [2.45, 2.75) is 13.0 Å². The summed E-state index contributed by atoms with van der Waals surface area (Å²) in [7, 11) is 1.91. The van der Waals surface area contributed by atoms with E-state index in [1.165, 1.54) is 12.1 Å². The lowest BCUT2D eigenvalue weighted by molar-refractivity contribution is -0.384. The topological polar surface area (TPSA) is 127 Å². The highest BCUT2D eigenvalue weighted by atomic mass is 16.6. The molecule has 2 aromatic carbocycles. The second-order valence-corrected chi connectivity index (χ2v) is 6.70. The van der Waals surface area contributed by atoms with Crippen LogP contribution in [0.15, 0.2) is 48.7 Å². The summed E-state index contributed by atoms with van der Waals surface area (Å²) in [4.78, 5) is 34.6. The number of amides is 2. The van der Waals surface area contributed by atoms with Crippen molar-refractivity contribution in [2.24, 2.45) is 7.05 Å². The van der Waals surface area contributed by atoms with E-state index in [1.807, 2.05) is 36.0 Å². The number of nitro benzene ring substituents is 1. The molecule has 3 rings (SSSR count). The third kappa shape index (κ3) is 4.41. The van der Waals surface area contributed by atoms with E-state index < -0.39 is 22.8 Å². The van der Waals surface area contributed by atoms with Crippen LogP contribution in [0.5, 0.6) is 0 Å². The van der Waals surface area contributed by atoms with Crippen LogP contribution in [0.3, 0.4) is 0 Å². The number of rotatable bonds is 5. The Hall–Kier alpha value is -3.72. The highest BCUT2D eigenvalue weighted by Crippen LogP contribution is 2.25. The number of fused-ring (bicyclic) bond motifs is 1. The number of benzene rings is 2. The molecule has 3 N–H and O–H groups in total. The van der Waals surface area contributed by atoms with Crippen molar-refractivity contribution in [1.29, 1.82) is 0 Å². The summed E-state index contributed by atoms with van der Waals surface area (Å²) < 4.78 is 1.95. The molecular weight excluding hydrogens is 376 g/mol. The normalized spacial score (nSPS) is 11.8. The van der Waals surface area contributed by atoms with E-state index in [-0.39, 0.29) is 17.9 Å². The number of nitrogens with zero attached hydrogens (tertiary/aromatic N) is 2. The third-order valence-corrected chi connectivity index (χ3v) is 4.55. The molecule has 2 amide bonds. The molecule has 1 atom stereocenters. The van der Waals surface area contributed by atoms with Crippen LogP contribution in [0, 0.1) is 17.0 Å². The van der Waals surface area contributed by atoms with Crippen LogP contribution in [-0.4, -0.2) is 33.0 Å². The number of aliphatic hydroxyl groups excluding tert-OH is 1. The molecular formula is C20H20N4O5. The molecule has 0 radical (unpaired) electrons. The van der Waals surface area contributed by atoms with Crippen molar-refractivity contribution in [3.8, 4) is 0 Å². The maximum atomic E-state index is 12.1. The first-order valence-corrected chi connectivity index (χ1v) is 8.83. The highest BCUT2D eigenvalue weighted by Gasteiger charge is 2.21. The second kappa shape index (κ2) is 8.11. The van der Waals surface area contributed by atoms with Gasteiger partial charge in [-0.1, -0.05) is 12.1 Å². The minimum absolute atomic E-state index is 0.0733. The van der Waals surface area contributed by atoms with Gasteiger partial charge in [0.05, 0.1) is 11.0 Å².